The fourth-order valence-electron chi connectivity index (χ4n) is 5.49. The number of fused-ring (bicyclic) bond motifs is 3. The molecule has 3 heterocycles. The molecule has 2 aliphatic heterocycles. The van der Waals surface area contributed by atoms with Crippen LogP contribution in [0.4, 0.5) is 18.9 Å². The van der Waals surface area contributed by atoms with E-state index < -0.39 is 5.92 Å². The molecular formula is C26H32F3N5O. The fraction of sp³-hybridized carbons (Fsp3) is 0.500. The van der Waals surface area contributed by atoms with Gasteiger partial charge in [-0.05, 0) is 36.1 Å². The van der Waals surface area contributed by atoms with Gasteiger partial charge in [0.1, 0.15) is 5.75 Å². The SMILES string of the molecule is COc1cc(NC2CN(CCCF)C2)ccc1C1c2ccc3[nH]ncc3c2CCN1CC(C)(F)F. The van der Waals surface area contributed by atoms with Crippen LogP contribution in [0.25, 0.3) is 10.9 Å². The molecule has 1 unspecified atom stereocenters. The number of hydrogen-bond acceptors (Lipinski definition) is 5. The van der Waals surface area contributed by atoms with Crippen LogP contribution in [0.3, 0.4) is 0 Å². The minimum absolute atomic E-state index is 0.287. The first-order valence-electron chi connectivity index (χ1n) is 12.2. The van der Waals surface area contributed by atoms with Crippen LogP contribution in [0.2, 0.25) is 0 Å². The van der Waals surface area contributed by atoms with Crippen molar-refractivity contribution in [1.29, 1.82) is 0 Å². The largest absolute Gasteiger partial charge is 0.496 e. The van der Waals surface area contributed by atoms with Gasteiger partial charge in [0, 0.05) is 55.8 Å². The lowest BCUT2D eigenvalue weighted by Gasteiger charge is -2.41. The van der Waals surface area contributed by atoms with Crippen LogP contribution >= 0.6 is 0 Å². The molecule has 5 rings (SSSR count). The molecule has 2 N–H and O–H groups in total. The van der Waals surface area contributed by atoms with Gasteiger partial charge in [0.2, 0.25) is 0 Å². The number of methoxy groups -OCH3 is 1. The summed E-state index contributed by atoms with van der Waals surface area (Å²) in [6.45, 7) is 3.40. The van der Waals surface area contributed by atoms with E-state index in [-0.39, 0.29) is 19.3 Å². The van der Waals surface area contributed by atoms with Crippen LogP contribution in [-0.2, 0) is 6.42 Å². The number of halogens is 3. The minimum atomic E-state index is -2.82. The number of ether oxygens (including phenoxy) is 1. The molecule has 9 heteroatoms. The highest BCUT2D eigenvalue weighted by molar-refractivity contribution is 5.83. The number of nitrogens with one attached hydrogen (secondary N) is 2. The third-order valence-corrected chi connectivity index (χ3v) is 7.03. The molecule has 3 aromatic rings. The molecule has 188 valence electrons. The van der Waals surface area contributed by atoms with Gasteiger partial charge in [-0.15, -0.1) is 0 Å². The van der Waals surface area contributed by atoms with E-state index in [1.807, 2.05) is 41.4 Å². The van der Waals surface area contributed by atoms with Gasteiger partial charge in [-0.25, -0.2) is 8.78 Å². The van der Waals surface area contributed by atoms with Gasteiger partial charge in [0.05, 0.1) is 44.1 Å². The molecule has 0 saturated carbocycles. The molecule has 0 aliphatic carbocycles. The highest BCUT2D eigenvalue weighted by Crippen LogP contribution is 2.43. The van der Waals surface area contributed by atoms with Crippen molar-refractivity contribution in [2.45, 2.75) is 37.8 Å². The van der Waals surface area contributed by atoms with Crippen LogP contribution in [0, 0.1) is 0 Å². The number of likely N-dealkylation sites (tertiary alicyclic amines) is 1. The number of aromatic amines is 1. The van der Waals surface area contributed by atoms with Crippen molar-refractivity contribution in [2.24, 2.45) is 0 Å². The van der Waals surface area contributed by atoms with Crippen molar-refractivity contribution >= 4 is 16.6 Å². The second-order valence-electron chi connectivity index (χ2n) is 9.76. The van der Waals surface area contributed by atoms with E-state index >= 15 is 0 Å². The third kappa shape index (κ3) is 4.97. The molecule has 0 amide bonds. The minimum Gasteiger partial charge on any atom is -0.496 e. The number of nitrogens with zero attached hydrogens (tertiary/aromatic N) is 3. The Bertz CT molecular complexity index is 1170. The summed E-state index contributed by atoms with van der Waals surface area (Å²) >= 11 is 0. The van der Waals surface area contributed by atoms with Crippen molar-refractivity contribution < 1.29 is 17.9 Å². The lowest BCUT2D eigenvalue weighted by atomic mass is 9.85. The van der Waals surface area contributed by atoms with E-state index in [2.05, 4.69) is 20.4 Å². The number of aromatic nitrogens is 2. The maximum Gasteiger partial charge on any atom is 0.257 e. The summed E-state index contributed by atoms with van der Waals surface area (Å²) in [5, 5.41) is 11.7. The Morgan fingerprint density at radius 3 is 2.74 bits per heavy atom. The van der Waals surface area contributed by atoms with E-state index in [0.717, 1.165) is 59.8 Å². The van der Waals surface area contributed by atoms with Crippen LogP contribution in [0.5, 0.6) is 5.75 Å². The lowest BCUT2D eigenvalue weighted by molar-refractivity contribution is -0.0239. The molecular weight excluding hydrogens is 455 g/mol. The second kappa shape index (κ2) is 9.70. The first-order valence-corrected chi connectivity index (χ1v) is 12.2. The predicted octanol–water partition coefficient (Wildman–Crippen LogP) is 4.63. The molecule has 1 saturated heterocycles. The monoisotopic (exact) mass is 487 g/mol. The van der Waals surface area contributed by atoms with Gasteiger partial charge < -0.3 is 10.1 Å². The summed E-state index contributed by atoms with van der Waals surface area (Å²) < 4.78 is 46.6. The Morgan fingerprint density at radius 2 is 2.00 bits per heavy atom. The highest BCUT2D eigenvalue weighted by atomic mass is 19.3. The maximum atomic E-state index is 14.2. The highest BCUT2D eigenvalue weighted by Gasteiger charge is 2.37. The van der Waals surface area contributed by atoms with Crippen molar-refractivity contribution in [2.75, 3.05) is 51.8 Å². The quantitative estimate of drug-likeness (QED) is 0.461. The molecule has 0 spiro atoms. The number of rotatable bonds is 9. The van der Waals surface area contributed by atoms with E-state index in [1.54, 1.807) is 7.11 Å². The number of anilines is 1. The van der Waals surface area contributed by atoms with Gasteiger partial charge in [-0.1, -0.05) is 12.1 Å². The van der Waals surface area contributed by atoms with Crippen LogP contribution < -0.4 is 10.1 Å². The average Bonchev–Trinajstić information content (AvgIpc) is 3.28. The molecule has 2 aliphatic rings. The Hall–Kier alpha value is -2.78. The maximum absolute atomic E-state index is 14.2. The van der Waals surface area contributed by atoms with Crippen molar-refractivity contribution in [3.8, 4) is 5.75 Å². The molecule has 35 heavy (non-hydrogen) atoms. The smallest absolute Gasteiger partial charge is 0.257 e. The van der Waals surface area contributed by atoms with Crippen LogP contribution in [0.15, 0.2) is 36.5 Å². The van der Waals surface area contributed by atoms with Gasteiger partial charge in [0.25, 0.3) is 5.92 Å². The van der Waals surface area contributed by atoms with E-state index in [9.17, 15) is 13.2 Å². The zero-order valence-electron chi connectivity index (χ0n) is 20.2. The number of benzene rings is 2. The van der Waals surface area contributed by atoms with Gasteiger partial charge in [-0.3, -0.25) is 19.3 Å². The molecule has 6 nitrogen and oxygen atoms in total. The first-order chi connectivity index (χ1) is 16.9. The van der Waals surface area contributed by atoms with Crippen molar-refractivity contribution in [3.63, 3.8) is 0 Å². The third-order valence-electron chi connectivity index (χ3n) is 7.03. The Kier molecular flexibility index (Phi) is 6.63. The summed E-state index contributed by atoms with van der Waals surface area (Å²) in [6, 6.07) is 9.86. The second-order valence-corrected chi connectivity index (χ2v) is 9.76. The summed E-state index contributed by atoms with van der Waals surface area (Å²) in [4.78, 5) is 4.08. The zero-order chi connectivity index (χ0) is 24.6. The van der Waals surface area contributed by atoms with E-state index in [1.165, 1.54) is 0 Å². The number of hydrogen-bond donors (Lipinski definition) is 2. The summed E-state index contributed by atoms with van der Waals surface area (Å²) in [6.07, 6.45) is 3.06. The van der Waals surface area contributed by atoms with Gasteiger partial charge in [0.15, 0.2) is 0 Å². The molecule has 1 fully saturated rings. The summed E-state index contributed by atoms with van der Waals surface area (Å²) in [7, 11) is 1.62. The topological polar surface area (TPSA) is 56.4 Å². The predicted molar refractivity (Wildman–Crippen MR) is 131 cm³/mol. The van der Waals surface area contributed by atoms with E-state index in [4.69, 9.17) is 4.74 Å². The lowest BCUT2D eigenvalue weighted by Crippen LogP contribution is -2.54. The first kappa shape index (κ1) is 23.9. The summed E-state index contributed by atoms with van der Waals surface area (Å²) in [5.74, 6) is -2.15. The normalized spacial score (nSPS) is 19.5. The Balaban J connectivity index is 1.45. The Morgan fingerprint density at radius 1 is 1.20 bits per heavy atom. The fourth-order valence-corrected chi connectivity index (χ4v) is 5.49. The van der Waals surface area contributed by atoms with Crippen molar-refractivity contribution in [3.05, 3.63) is 53.2 Å². The van der Waals surface area contributed by atoms with Gasteiger partial charge in [-0.2, -0.15) is 5.10 Å². The molecule has 0 radical (unpaired) electrons. The van der Waals surface area contributed by atoms with Gasteiger partial charge >= 0.3 is 0 Å². The average molecular weight is 488 g/mol. The zero-order valence-corrected chi connectivity index (χ0v) is 20.2. The number of alkyl halides is 3. The number of H-pyrrole nitrogens is 1. The molecule has 1 aromatic heterocycles. The van der Waals surface area contributed by atoms with E-state index in [0.29, 0.717) is 31.2 Å². The standard InChI is InChI=1S/C26H32F3N5O/c1-26(28,29)16-34-11-8-19-20(6-7-23-22(19)13-30-32-23)25(34)21-5-4-17(12-24(21)35-2)31-18-14-33(15-18)10-3-9-27/h4-7,12-13,18,25,31H,3,8-11,14-16H2,1-2H3,(H,30,32). The summed E-state index contributed by atoms with van der Waals surface area (Å²) in [5.41, 5.74) is 4.89. The van der Waals surface area contributed by atoms with Crippen LogP contribution in [-0.4, -0.2) is 78.5 Å². The van der Waals surface area contributed by atoms with Crippen molar-refractivity contribution in [1.82, 2.24) is 20.0 Å². The molecule has 1 atom stereocenters. The van der Waals surface area contributed by atoms with Crippen LogP contribution in [0.1, 0.15) is 36.1 Å². The Labute approximate surface area is 203 Å². The molecule has 0 bridgehead atoms. The molecule has 2 aromatic carbocycles.